The molecular weight excluding hydrogens is 242 g/mol. The molecule has 1 aromatic heterocycles. The first-order chi connectivity index (χ1) is 7.38. The molecular formula is C11H19NO2S2. The summed E-state index contributed by atoms with van der Waals surface area (Å²) < 4.78 is 22.1. The number of nitrogens with one attached hydrogen (secondary N) is 1. The van der Waals surface area contributed by atoms with E-state index in [0.29, 0.717) is 0 Å². The monoisotopic (exact) mass is 261 g/mol. The van der Waals surface area contributed by atoms with Crippen molar-refractivity contribution in [3.8, 4) is 0 Å². The molecule has 92 valence electrons. The van der Waals surface area contributed by atoms with Crippen molar-refractivity contribution in [1.29, 1.82) is 0 Å². The second-order valence-electron chi connectivity index (χ2n) is 4.22. The highest BCUT2D eigenvalue weighted by molar-refractivity contribution is 7.90. The van der Waals surface area contributed by atoms with Gasteiger partial charge >= 0.3 is 0 Å². The average Bonchev–Trinajstić information content (AvgIpc) is 2.48. The molecule has 0 aromatic carbocycles. The van der Waals surface area contributed by atoms with Crippen LogP contribution in [0.2, 0.25) is 0 Å². The van der Waals surface area contributed by atoms with Crippen LogP contribution in [0.1, 0.15) is 17.4 Å². The van der Waals surface area contributed by atoms with Crippen LogP contribution in [-0.4, -0.2) is 33.0 Å². The molecule has 0 saturated carbocycles. The van der Waals surface area contributed by atoms with E-state index in [1.807, 2.05) is 6.92 Å². The normalized spacial score (nSPS) is 13.9. The summed E-state index contributed by atoms with van der Waals surface area (Å²) in [6.45, 7) is 4.84. The molecule has 0 radical (unpaired) electrons. The summed E-state index contributed by atoms with van der Waals surface area (Å²) in [4.78, 5) is 1.37. The van der Waals surface area contributed by atoms with Crippen LogP contribution in [0.3, 0.4) is 0 Å². The second-order valence-corrected chi connectivity index (χ2v) is 7.41. The van der Waals surface area contributed by atoms with Crippen molar-refractivity contribution in [2.24, 2.45) is 0 Å². The summed E-state index contributed by atoms with van der Waals surface area (Å²) >= 11 is 1.76. The predicted molar refractivity (Wildman–Crippen MR) is 69.9 cm³/mol. The Kier molecular flexibility index (Phi) is 4.95. The third kappa shape index (κ3) is 5.09. The number of hydrogen-bond acceptors (Lipinski definition) is 4. The van der Waals surface area contributed by atoms with Crippen LogP contribution in [0.4, 0.5) is 0 Å². The minimum atomic E-state index is -2.88. The Morgan fingerprint density at radius 1 is 1.50 bits per heavy atom. The fraction of sp³-hybridized carbons (Fsp3) is 0.636. The van der Waals surface area contributed by atoms with Gasteiger partial charge in [0.25, 0.3) is 0 Å². The quantitative estimate of drug-likeness (QED) is 0.846. The first-order valence-corrected chi connectivity index (χ1v) is 8.26. The summed E-state index contributed by atoms with van der Waals surface area (Å²) in [5, 5.41) is 5.32. The molecule has 0 aliphatic carbocycles. The molecule has 0 bridgehead atoms. The van der Waals surface area contributed by atoms with Gasteiger partial charge in [-0.05, 0) is 37.3 Å². The van der Waals surface area contributed by atoms with E-state index in [1.165, 1.54) is 16.7 Å². The zero-order valence-electron chi connectivity index (χ0n) is 9.99. The lowest BCUT2D eigenvalue weighted by molar-refractivity contribution is 0.562. The molecule has 1 aromatic rings. The smallest absolute Gasteiger partial charge is 0.148 e. The number of aryl methyl sites for hydroxylation is 1. The molecule has 1 atom stereocenters. The van der Waals surface area contributed by atoms with E-state index in [4.69, 9.17) is 0 Å². The van der Waals surface area contributed by atoms with Crippen LogP contribution < -0.4 is 5.32 Å². The average molecular weight is 261 g/mol. The van der Waals surface area contributed by atoms with Crippen molar-refractivity contribution in [3.05, 3.63) is 21.9 Å². The van der Waals surface area contributed by atoms with Gasteiger partial charge < -0.3 is 5.32 Å². The van der Waals surface area contributed by atoms with E-state index in [1.54, 1.807) is 11.3 Å². The van der Waals surface area contributed by atoms with Crippen LogP contribution in [0.5, 0.6) is 0 Å². The number of sulfone groups is 1. The lowest BCUT2D eigenvalue weighted by Crippen LogP contribution is -2.34. The lowest BCUT2D eigenvalue weighted by Gasteiger charge is -2.12. The van der Waals surface area contributed by atoms with Crippen LogP contribution in [0, 0.1) is 6.92 Å². The lowest BCUT2D eigenvalue weighted by atomic mass is 10.2. The molecule has 1 N–H and O–H groups in total. The molecule has 5 heteroatoms. The van der Waals surface area contributed by atoms with Crippen molar-refractivity contribution in [3.63, 3.8) is 0 Å². The van der Waals surface area contributed by atoms with Crippen molar-refractivity contribution < 1.29 is 8.42 Å². The van der Waals surface area contributed by atoms with Crippen LogP contribution in [0.15, 0.2) is 11.4 Å². The highest BCUT2D eigenvalue weighted by Gasteiger charge is 2.09. The van der Waals surface area contributed by atoms with Gasteiger partial charge in [-0.15, -0.1) is 11.3 Å². The zero-order valence-corrected chi connectivity index (χ0v) is 11.6. The Bertz CT molecular complexity index is 423. The van der Waals surface area contributed by atoms with Gasteiger partial charge in [0.1, 0.15) is 9.84 Å². The van der Waals surface area contributed by atoms with Gasteiger partial charge in [-0.1, -0.05) is 0 Å². The summed E-state index contributed by atoms with van der Waals surface area (Å²) in [6, 6.07) is 2.13. The Hall–Kier alpha value is -0.390. The Labute approximate surface area is 102 Å². The third-order valence-electron chi connectivity index (χ3n) is 2.37. The van der Waals surface area contributed by atoms with Gasteiger partial charge in [0.2, 0.25) is 0 Å². The van der Waals surface area contributed by atoms with Crippen LogP contribution in [0.25, 0.3) is 0 Å². The fourth-order valence-electron chi connectivity index (χ4n) is 1.61. The van der Waals surface area contributed by atoms with Gasteiger partial charge in [0.05, 0.1) is 5.75 Å². The van der Waals surface area contributed by atoms with E-state index in [0.717, 1.165) is 13.0 Å². The second kappa shape index (κ2) is 5.80. The van der Waals surface area contributed by atoms with Crippen molar-refractivity contribution in [1.82, 2.24) is 5.32 Å². The summed E-state index contributed by atoms with van der Waals surface area (Å²) in [7, 11) is -2.88. The Morgan fingerprint density at radius 3 is 2.69 bits per heavy atom. The van der Waals surface area contributed by atoms with E-state index >= 15 is 0 Å². The van der Waals surface area contributed by atoms with Crippen LogP contribution in [-0.2, 0) is 16.3 Å². The maximum absolute atomic E-state index is 11.0. The summed E-state index contributed by atoms with van der Waals surface area (Å²) in [5.74, 6) is 0.205. The zero-order chi connectivity index (χ0) is 12.2. The van der Waals surface area contributed by atoms with Crippen LogP contribution >= 0.6 is 11.3 Å². The number of hydrogen-bond donors (Lipinski definition) is 1. The molecule has 0 spiro atoms. The Balaban J connectivity index is 2.28. The minimum absolute atomic E-state index is 0.0234. The SMILES string of the molecule is Cc1ccsc1CCNC(C)CS(C)(=O)=O. The molecule has 0 saturated heterocycles. The van der Waals surface area contributed by atoms with E-state index in [-0.39, 0.29) is 11.8 Å². The molecule has 3 nitrogen and oxygen atoms in total. The van der Waals surface area contributed by atoms with Gasteiger partial charge in [0, 0.05) is 23.7 Å². The molecule has 16 heavy (non-hydrogen) atoms. The molecule has 1 unspecified atom stereocenters. The third-order valence-corrected chi connectivity index (χ3v) is 4.55. The highest BCUT2D eigenvalue weighted by atomic mass is 32.2. The molecule has 1 rings (SSSR count). The van der Waals surface area contributed by atoms with E-state index in [9.17, 15) is 8.42 Å². The van der Waals surface area contributed by atoms with Gasteiger partial charge in [-0.3, -0.25) is 0 Å². The topological polar surface area (TPSA) is 46.2 Å². The highest BCUT2D eigenvalue weighted by Crippen LogP contribution is 2.15. The maximum Gasteiger partial charge on any atom is 0.148 e. The standard InChI is InChI=1S/C11H19NO2S2/c1-9-5-7-15-11(9)4-6-12-10(2)8-16(3,13)14/h5,7,10,12H,4,6,8H2,1-3H3. The predicted octanol–water partition coefficient (Wildman–Crippen LogP) is 1.62. The number of thiophene rings is 1. The molecule has 0 aliphatic heterocycles. The van der Waals surface area contributed by atoms with Gasteiger partial charge in [-0.25, -0.2) is 8.42 Å². The molecule has 0 aliphatic rings. The van der Waals surface area contributed by atoms with E-state index < -0.39 is 9.84 Å². The first-order valence-electron chi connectivity index (χ1n) is 5.32. The minimum Gasteiger partial charge on any atom is -0.313 e. The summed E-state index contributed by atoms with van der Waals surface area (Å²) in [5.41, 5.74) is 1.32. The van der Waals surface area contributed by atoms with Gasteiger partial charge in [-0.2, -0.15) is 0 Å². The fourth-order valence-corrected chi connectivity index (χ4v) is 3.54. The van der Waals surface area contributed by atoms with Crippen molar-refractivity contribution in [2.45, 2.75) is 26.3 Å². The number of rotatable bonds is 6. The van der Waals surface area contributed by atoms with Crippen molar-refractivity contribution >= 4 is 21.2 Å². The maximum atomic E-state index is 11.0. The van der Waals surface area contributed by atoms with Gasteiger partial charge in [0.15, 0.2) is 0 Å². The summed E-state index contributed by atoms with van der Waals surface area (Å²) in [6.07, 6.45) is 2.24. The Morgan fingerprint density at radius 2 is 2.19 bits per heavy atom. The molecule has 1 heterocycles. The van der Waals surface area contributed by atoms with Crippen molar-refractivity contribution in [2.75, 3.05) is 18.6 Å². The molecule has 0 amide bonds. The largest absolute Gasteiger partial charge is 0.313 e. The van der Waals surface area contributed by atoms with E-state index in [2.05, 4.69) is 23.7 Å². The first kappa shape index (κ1) is 13.7. The molecule has 0 fully saturated rings.